The Labute approximate surface area is 176 Å². The smallest absolute Gasteiger partial charge is 0.267 e. The molecule has 1 heterocycles. The predicted octanol–water partition coefficient (Wildman–Crippen LogP) is 3.87. The van der Waals surface area contributed by atoms with Crippen molar-refractivity contribution in [1.82, 2.24) is 9.78 Å². The van der Waals surface area contributed by atoms with Crippen LogP contribution in [0, 0.1) is 0 Å². The van der Waals surface area contributed by atoms with Gasteiger partial charge in [-0.1, -0.05) is 23.2 Å². The summed E-state index contributed by atoms with van der Waals surface area (Å²) in [6, 6.07) is 12.9. The lowest BCUT2D eigenvalue weighted by Crippen LogP contribution is -2.29. The van der Waals surface area contributed by atoms with Crippen LogP contribution in [0.5, 0.6) is 11.5 Å². The first-order valence-corrected chi connectivity index (χ1v) is 9.22. The average molecular weight is 434 g/mol. The number of anilines is 1. The molecule has 1 aromatic heterocycles. The summed E-state index contributed by atoms with van der Waals surface area (Å²) in [5, 5.41) is 7.65. The summed E-state index contributed by atoms with van der Waals surface area (Å²) in [5.41, 5.74) is 1.19. The Bertz CT molecular complexity index is 1120. The van der Waals surface area contributed by atoms with Crippen LogP contribution in [-0.2, 0) is 11.3 Å². The van der Waals surface area contributed by atoms with Crippen molar-refractivity contribution in [2.24, 2.45) is 0 Å². The van der Waals surface area contributed by atoms with E-state index in [0.29, 0.717) is 38.5 Å². The first-order valence-electron chi connectivity index (χ1n) is 8.46. The summed E-state index contributed by atoms with van der Waals surface area (Å²) in [5.74, 6) is 0.721. The molecule has 0 aliphatic heterocycles. The number of hydrogen-bond donors (Lipinski definition) is 1. The predicted molar refractivity (Wildman–Crippen MR) is 112 cm³/mol. The third kappa shape index (κ3) is 4.88. The second-order valence-electron chi connectivity index (χ2n) is 5.96. The molecule has 0 atom stereocenters. The molecule has 0 aliphatic rings. The van der Waals surface area contributed by atoms with Crippen LogP contribution in [0.1, 0.15) is 0 Å². The Morgan fingerprint density at radius 1 is 1.03 bits per heavy atom. The molecular formula is C20H17Cl2N3O4. The molecule has 0 aliphatic carbocycles. The van der Waals surface area contributed by atoms with Crippen LogP contribution in [0.15, 0.2) is 53.3 Å². The van der Waals surface area contributed by atoms with E-state index >= 15 is 0 Å². The lowest BCUT2D eigenvalue weighted by molar-refractivity contribution is -0.117. The van der Waals surface area contributed by atoms with Gasteiger partial charge in [-0.2, -0.15) is 5.10 Å². The molecule has 3 rings (SSSR count). The van der Waals surface area contributed by atoms with Crippen LogP contribution in [-0.4, -0.2) is 29.9 Å². The molecule has 0 unspecified atom stereocenters. The van der Waals surface area contributed by atoms with E-state index in [4.69, 9.17) is 32.7 Å². The molecule has 2 aromatic carbocycles. The molecule has 0 fully saturated rings. The van der Waals surface area contributed by atoms with Crippen LogP contribution < -0.4 is 20.3 Å². The van der Waals surface area contributed by atoms with Crippen LogP contribution in [0.3, 0.4) is 0 Å². The van der Waals surface area contributed by atoms with Crippen molar-refractivity contribution in [1.29, 1.82) is 0 Å². The minimum atomic E-state index is -0.433. The molecule has 0 saturated carbocycles. The maximum absolute atomic E-state index is 12.4. The monoisotopic (exact) mass is 433 g/mol. The molecule has 0 saturated heterocycles. The molecule has 9 heteroatoms. The van der Waals surface area contributed by atoms with Crippen LogP contribution in [0.25, 0.3) is 11.3 Å². The van der Waals surface area contributed by atoms with Crippen molar-refractivity contribution >= 4 is 34.8 Å². The lowest BCUT2D eigenvalue weighted by atomic mass is 10.1. The lowest BCUT2D eigenvalue weighted by Gasteiger charge is -2.12. The van der Waals surface area contributed by atoms with Gasteiger partial charge in [0, 0.05) is 23.4 Å². The van der Waals surface area contributed by atoms with Crippen molar-refractivity contribution < 1.29 is 14.3 Å². The highest BCUT2D eigenvalue weighted by Crippen LogP contribution is 2.31. The second-order valence-corrected chi connectivity index (χ2v) is 6.77. The number of rotatable bonds is 6. The highest BCUT2D eigenvalue weighted by molar-refractivity contribution is 6.42. The van der Waals surface area contributed by atoms with Gasteiger partial charge in [0.1, 0.15) is 18.0 Å². The van der Waals surface area contributed by atoms with Gasteiger partial charge in [0.05, 0.1) is 30.0 Å². The Balaban J connectivity index is 1.85. The Kier molecular flexibility index (Phi) is 6.41. The zero-order valence-corrected chi connectivity index (χ0v) is 17.1. The van der Waals surface area contributed by atoms with Crippen molar-refractivity contribution in [3.8, 4) is 22.8 Å². The van der Waals surface area contributed by atoms with Gasteiger partial charge in [0.15, 0.2) is 0 Å². The topological polar surface area (TPSA) is 82.5 Å². The van der Waals surface area contributed by atoms with E-state index in [2.05, 4.69) is 10.4 Å². The summed E-state index contributed by atoms with van der Waals surface area (Å²) >= 11 is 11.8. The van der Waals surface area contributed by atoms with E-state index in [-0.39, 0.29) is 6.54 Å². The fraction of sp³-hybridized carbons (Fsp3) is 0.150. The number of benzene rings is 2. The average Bonchev–Trinajstić information content (AvgIpc) is 2.72. The Hall–Kier alpha value is -3.03. The van der Waals surface area contributed by atoms with Gasteiger partial charge in [-0.05, 0) is 36.4 Å². The summed E-state index contributed by atoms with van der Waals surface area (Å²) in [7, 11) is 3.08. The molecule has 0 bridgehead atoms. The molecule has 7 nitrogen and oxygen atoms in total. The maximum Gasteiger partial charge on any atom is 0.267 e. The van der Waals surface area contributed by atoms with Crippen molar-refractivity contribution in [2.45, 2.75) is 6.54 Å². The summed E-state index contributed by atoms with van der Waals surface area (Å²) in [6.07, 6.45) is 0. The number of carbonyl (C=O) groups excluding carboxylic acids is 1. The number of nitrogens with one attached hydrogen (secondary N) is 1. The van der Waals surface area contributed by atoms with Gasteiger partial charge in [-0.15, -0.1) is 0 Å². The zero-order valence-electron chi connectivity index (χ0n) is 15.6. The van der Waals surface area contributed by atoms with Gasteiger partial charge in [-0.25, -0.2) is 4.68 Å². The summed E-state index contributed by atoms with van der Waals surface area (Å²) in [4.78, 5) is 24.5. The number of nitrogens with zero attached hydrogens (tertiary/aromatic N) is 2. The number of methoxy groups -OCH3 is 2. The quantitative estimate of drug-likeness (QED) is 0.637. The van der Waals surface area contributed by atoms with Crippen molar-refractivity contribution in [3.05, 3.63) is 68.9 Å². The Morgan fingerprint density at radius 2 is 1.83 bits per heavy atom. The molecule has 1 N–H and O–H groups in total. The minimum absolute atomic E-state index is 0.272. The third-order valence-corrected chi connectivity index (χ3v) is 4.79. The number of aromatic nitrogens is 2. The van der Waals surface area contributed by atoms with Crippen molar-refractivity contribution in [2.75, 3.05) is 19.5 Å². The molecule has 1 amide bonds. The highest BCUT2D eigenvalue weighted by atomic mass is 35.5. The third-order valence-electron chi connectivity index (χ3n) is 4.05. The SMILES string of the molecule is COc1ccc(-c2ccc(=O)n(CC(=O)Nc3ccc(Cl)c(Cl)c3)n2)c(OC)c1. The van der Waals surface area contributed by atoms with E-state index in [1.165, 1.54) is 19.2 Å². The van der Waals surface area contributed by atoms with Crippen LogP contribution in [0.2, 0.25) is 10.0 Å². The molecule has 0 spiro atoms. The number of halogens is 2. The van der Waals surface area contributed by atoms with Gasteiger partial charge in [-0.3, -0.25) is 9.59 Å². The number of carbonyl (C=O) groups is 1. The molecule has 0 radical (unpaired) electrons. The maximum atomic E-state index is 12.4. The van der Waals surface area contributed by atoms with E-state index in [0.717, 1.165) is 4.68 Å². The number of hydrogen-bond acceptors (Lipinski definition) is 5. The fourth-order valence-electron chi connectivity index (χ4n) is 2.63. The van der Waals surface area contributed by atoms with E-state index < -0.39 is 11.5 Å². The van der Waals surface area contributed by atoms with Crippen molar-refractivity contribution in [3.63, 3.8) is 0 Å². The molecule has 150 valence electrons. The second kappa shape index (κ2) is 8.98. The van der Waals surface area contributed by atoms with Crippen LogP contribution >= 0.6 is 23.2 Å². The van der Waals surface area contributed by atoms with Crippen LogP contribution in [0.4, 0.5) is 5.69 Å². The standard InChI is InChI=1S/C20H17Cl2N3O4/c1-28-13-4-5-14(18(10-13)29-2)17-7-8-20(27)25(24-17)11-19(26)23-12-3-6-15(21)16(22)9-12/h3-10H,11H2,1-2H3,(H,23,26). The zero-order chi connectivity index (χ0) is 21.0. The van der Waals surface area contributed by atoms with Gasteiger partial charge in [0.25, 0.3) is 5.56 Å². The van der Waals surface area contributed by atoms with E-state index in [1.54, 1.807) is 43.5 Å². The first kappa shape index (κ1) is 20.7. The number of ether oxygens (including phenoxy) is 2. The normalized spacial score (nSPS) is 10.5. The fourth-order valence-corrected chi connectivity index (χ4v) is 2.92. The Morgan fingerprint density at radius 3 is 2.52 bits per heavy atom. The summed E-state index contributed by atoms with van der Waals surface area (Å²) < 4.78 is 11.6. The van der Waals surface area contributed by atoms with E-state index in [1.807, 2.05) is 0 Å². The molecule has 3 aromatic rings. The molecule has 29 heavy (non-hydrogen) atoms. The van der Waals surface area contributed by atoms with Gasteiger partial charge < -0.3 is 14.8 Å². The van der Waals surface area contributed by atoms with E-state index in [9.17, 15) is 9.59 Å². The number of amides is 1. The van der Waals surface area contributed by atoms with Gasteiger partial charge >= 0.3 is 0 Å². The summed E-state index contributed by atoms with van der Waals surface area (Å²) in [6.45, 7) is -0.272. The van der Waals surface area contributed by atoms with Gasteiger partial charge in [0.2, 0.25) is 5.91 Å². The first-order chi connectivity index (χ1) is 13.9. The minimum Gasteiger partial charge on any atom is -0.497 e. The molecular weight excluding hydrogens is 417 g/mol. The highest BCUT2D eigenvalue weighted by Gasteiger charge is 2.13. The largest absolute Gasteiger partial charge is 0.497 e.